The molecule has 0 aliphatic rings. The van der Waals surface area contributed by atoms with Gasteiger partial charge in [0.15, 0.2) is 23.1 Å². The van der Waals surface area contributed by atoms with Gasteiger partial charge >= 0.3 is 0 Å². The van der Waals surface area contributed by atoms with Gasteiger partial charge in [0.1, 0.15) is 16.7 Å². The quantitative estimate of drug-likeness (QED) is 0.186. The number of para-hydroxylation sites is 2. The van der Waals surface area contributed by atoms with E-state index in [1.807, 2.05) is 97.1 Å². The van der Waals surface area contributed by atoms with E-state index in [2.05, 4.69) is 60.7 Å². The summed E-state index contributed by atoms with van der Waals surface area (Å²) in [5.41, 5.74) is 8.85. The van der Waals surface area contributed by atoms with Crippen molar-refractivity contribution < 1.29 is 8.83 Å². The Morgan fingerprint density at radius 1 is 0.360 bits per heavy atom. The van der Waals surface area contributed by atoms with E-state index in [9.17, 15) is 0 Å². The SMILES string of the molecule is c1ccc(-c2nc(-c3ccc(-c4cccc5ccc6nc(-c7ccccc7)oc6c45)cc3)nc(-c3cccc4c3oc3ccccc34)n2)cc1. The van der Waals surface area contributed by atoms with Crippen LogP contribution in [-0.2, 0) is 0 Å². The summed E-state index contributed by atoms with van der Waals surface area (Å²) in [5, 5.41) is 4.20. The number of hydrogen-bond acceptors (Lipinski definition) is 6. The highest BCUT2D eigenvalue weighted by molar-refractivity contribution is 6.11. The van der Waals surface area contributed by atoms with Crippen LogP contribution in [0.2, 0.25) is 0 Å². The minimum Gasteiger partial charge on any atom is -0.455 e. The molecular formula is C44H26N4O2. The van der Waals surface area contributed by atoms with Gasteiger partial charge in [-0.2, -0.15) is 0 Å². The van der Waals surface area contributed by atoms with Gasteiger partial charge in [0, 0.05) is 32.8 Å². The van der Waals surface area contributed by atoms with Crippen molar-refractivity contribution in [2.75, 3.05) is 0 Å². The summed E-state index contributed by atoms with van der Waals surface area (Å²) < 4.78 is 12.8. The Balaban J connectivity index is 1.11. The second-order valence-corrected chi connectivity index (χ2v) is 12.2. The van der Waals surface area contributed by atoms with Crippen LogP contribution in [0.5, 0.6) is 0 Å². The summed E-state index contributed by atoms with van der Waals surface area (Å²) >= 11 is 0. The zero-order valence-corrected chi connectivity index (χ0v) is 26.6. The average molecular weight is 643 g/mol. The molecule has 10 rings (SSSR count). The van der Waals surface area contributed by atoms with E-state index in [0.717, 1.165) is 77.2 Å². The molecule has 3 heterocycles. The number of fused-ring (bicyclic) bond motifs is 6. The van der Waals surface area contributed by atoms with Crippen molar-refractivity contribution in [1.29, 1.82) is 0 Å². The lowest BCUT2D eigenvalue weighted by Crippen LogP contribution is -2.00. The summed E-state index contributed by atoms with van der Waals surface area (Å²) in [6, 6.07) is 53.0. The predicted octanol–water partition coefficient (Wildman–Crippen LogP) is 11.4. The maximum absolute atomic E-state index is 6.44. The van der Waals surface area contributed by atoms with Crippen LogP contribution >= 0.6 is 0 Å². The van der Waals surface area contributed by atoms with E-state index in [-0.39, 0.29) is 0 Å². The third-order valence-electron chi connectivity index (χ3n) is 9.19. The summed E-state index contributed by atoms with van der Waals surface area (Å²) in [4.78, 5) is 19.8. The van der Waals surface area contributed by atoms with Crippen molar-refractivity contribution in [1.82, 2.24) is 19.9 Å². The Kier molecular flexibility index (Phi) is 6.39. The molecule has 0 fully saturated rings. The molecule has 0 atom stereocenters. The molecule has 6 nitrogen and oxygen atoms in total. The van der Waals surface area contributed by atoms with Gasteiger partial charge in [0.25, 0.3) is 0 Å². The fourth-order valence-corrected chi connectivity index (χ4v) is 6.76. The molecule has 0 saturated heterocycles. The molecule has 0 bridgehead atoms. The summed E-state index contributed by atoms with van der Waals surface area (Å²) in [6.45, 7) is 0. The van der Waals surface area contributed by atoms with E-state index < -0.39 is 0 Å². The molecule has 0 amide bonds. The number of benzene rings is 7. The van der Waals surface area contributed by atoms with Gasteiger partial charge in [-0.05, 0) is 46.8 Å². The van der Waals surface area contributed by atoms with Crippen LogP contribution in [-0.4, -0.2) is 19.9 Å². The summed E-state index contributed by atoms with van der Waals surface area (Å²) in [5.74, 6) is 2.34. The van der Waals surface area contributed by atoms with Gasteiger partial charge in [0.2, 0.25) is 5.89 Å². The van der Waals surface area contributed by atoms with E-state index >= 15 is 0 Å². The zero-order chi connectivity index (χ0) is 33.0. The Hall–Kier alpha value is -6.92. The molecule has 0 saturated carbocycles. The van der Waals surface area contributed by atoms with Gasteiger partial charge < -0.3 is 8.83 Å². The average Bonchev–Trinajstić information content (AvgIpc) is 3.81. The zero-order valence-electron chi connectivity index (χ0n) is 26.6. The lowest BCUT2D eigenvalue weighted by Gasteiger charge is -2.10. The minimum absolute atomic E-state index is 0.554. The summed E-state index contributed by atoms with van der Waals surface area (Å²) in [6.07, 6.45) is 0. The smallest absolute Gasteiger partial charge is 0.227 e. The molecule has 50 heavy (non-hydrogen) atoms. The Labute approximate surface area is 286 Å². The van der Waals surface area contributed by atoms with Crippen LogP contribution in [0.25, 0.3) is 101 Å². The topological polar surface area (TPSA) is 77.8 Å². The lowest BCUT2D eigenvalue weighted by atomic mass is 9.96. The van der Waals surface area contributed by atoms with Gasteiger partial charge in [-0.3, -0.25) is 0 Å². The maximum Gasteiger partial charge on any atom is 0.227 e. The predicted molar refractivity (Wildman–Crippen MR) is 199 cm³/mol. The van der Waals surface area contributed by atoms with E-state index in [1.54, 1.807) is 0 Å². The van der Waals surface area contributed by atoms with Gasteiger partial charge in [-0.1, -0.05) is 127 Å². The largest absolute Gasteiger partial charge is 0.455 e. The standard InChI is InChI=1S/C44H26N4O2/c1-3-11-29(12-4-1)41-46-42(48-43(47-41)35-19-10-18-34-33-16-7-8-20-37(33)49-39(34)35)30-23-21-27(22-24-30)32-17-9-15-28-25-26-36-40(38(28)32)50-44(45-36)31-13-5-2-6-14-31/h1-26H. The molecule has 0 radical (unpaired) electrons. The molecule has 6 heteroatoms. The third-order valence-corrected chi connectivity index (χ3v) is 9.19. The van der Waals surface area contributed by atoms with Gasteiger partial charge in [-0.15, -0.1) is 0 Å². The summed E-state index contributed by atoms with van der Waals surface area (Å²) in [7, 11) is 0. The Bertz CT molecular complexity index is 2860. The maximum atomic E-state index is 6.44. The van der Waals surface area contributed by atoms with Crippen molar-refractivity contribution in [3.8, 4) is 56.7 Å². The molecule has 0 aliphatic heterocycles. The normalized spacial score (nSPS) is 11.6. The van der Waals surface area contributed by atoms with Crippen LogP contribution < -0.4 is 0 Å². The highest BCUT2D eigenvalue weighted by Gasteiger charge is 2.19. The van der Waals surface area contributed by atoms with E-state index in [0.29, 0.717) is 23.4 Å². The molecule has 0 N–H and O–H groups in total. The monoisotopic (exact) mass is 642 g/mol. The number of aromatic nitrogens is 4. The molecular weight excluding hydrogens is 617 g/mol. The van der Waals surface area contributed by atoms with Crippen LogP contribution in [0.3, 0.4) is 0 Å². The van der Waals surface area contributed by atoms with Crippen molar-refractivity contribution in [3.05, 3.63) is 158 Å². The Morgan fingerprint density at radius 3 is 1.78 bits per heavy atom. The number of oxazole rings is 1. The minimum atomic E-state index is 0.554. The van der Waals surface area contributed by atoms with Gasteiger partial charge in [0.05, 0.1) is 5.56 Å². The fraction of sp³-hybridized carbons (Fsp3) is 0. The molecule has 3 aromatic heterocycles. The lowest BCUT2D eigenvalue weighted by molar-refractivity contribution is 0.623. The number of rotatable bonds is 5. The van der Waals surface area contributed by atoms with Crippen molar-refractivity contribution >= 4 is 43.8 Å². The first-order valence-corrected chi connectivity index (χ1v) is 16.5. The van der Waals surface area contributed by atoms with Crippen molar-refractivity contribution in [2.24, 2.45) is 0 Å². The molecule has 10 aromatic rings. The molecule has 7 aromatic carbocycles. The molecule has 0 spiro atoms. The van der Waals surface area contributed by atoms with Crippen molar-refractivity contribution in [2.45, 2.75) is 0 Å². The second-order valence-electron chi connectivity index (χ2n) is 12.2. The number of nitrogens with zero attached hydrogens (tertiary/aromatic N) is 4. The number of furan rings is 1. The Morgan fingerprint density at radius 2 is 0.980 bits per heavy atom. The third kappa shape index (κ3) is 4.65. The van der Waals surface area contributed by atoms with Crippen LogP contribution in [0.4, 0.5) is 0 Å². The van der Waals surface area contributed by atoms with Crippen LogP contribution in [0, 0.1) is 0 Å². The molecule has 0 unspecified atom stereocenters. The second kappa shape index (κ2) is 11.4. The first-order chi connectivity index (χ1) is 24.8. The van der Waals surface area contributed by atoms with Crippen LogP contribution in [0.1, 0.15) is 0 Å². The number of hydrogen-bond donors (Lipinski definition) is 0. The first kappa shape index (κ1) is 28.1. The molecule has 234 valence electrons. The van der Waals surface area contributed by atoms with Crippen LogP contribution in [0.15, 0.2) is 167 Å². The first-order valence-electron chi connectivity index (χ1n) is 16.5. The van der Waals surface area contributed by atoms with Crippen molar-refractivity contribution in [3.63, 3.8) is 0 Å². The van der Waals surface area contributed by atoms with E-state index in [1.165, 1.54) is 0 Å². The molecule has 0 aliphatic carbocycles. The van der Waals surface area contributed by atoms with E-state index in [4.69, 9.17) is 28.8 Å². The van der Waals surface area contributed by atoms with Gasteiger partial charge in [-0.25, -0.2) is 19.9 Å². The highest BCUT2D eigenvalue weighted by atomic mass is 16.3. The highest BCUT2D eigenvalue weighted by Crippen LogP contribution is 2.38. The fourth-order valence-electron chi connectivity index (χ4n) is 6.76.